The molecule has 0 aromatic heterocycles. The van der Waals surface area contributed by atoms with Crippen molar-refractivity contribution in [2.75, 3.05) is 12.4 Å². The summed E-state index contributed by atoms with van der Waals surface area (Å²) in [6, 6.07) is 16.3. The van der Waals surface area contributed by atoms with Gasteiger partial charge in [-0.05, 0) is 42.3 Å². The van der Waals surface area contributed by atoms with Crippen LogP contribution in [0, 0.1) is 0 Å². The van der Waals surface area contributed by atoms with Gasteiger partial charge in [0.25, 0.3) is 0 Å². The number of rotatable bonds is 4. The molecular formula is C15H17NO. The quantitative estimate of drug-likeness (QED) is 0.852. The molecule has 0 saturated heterocycles. The van der Waals surface area contributed by atoms with Gasteiger partial charge in [0.15, 0.2) is 0 Å². The maximum atomic E-state index is 5.23. The van der Waals surface area contributed by atoms with E-state index in [1.807, 2.05) is 24.3 Å². The topological polar surface area (TPSA) is 21.3 Å². The fourth-order valence-electron chi connectivity index (χ4n) is 1.79. The third-order valence-electron chi connectivity index (χ3n) is 2.75. The first kappa shape index (κ1) is 11.5. The van der Waals surface area contributed by atoms with Gasteiger partial charge in [0, 0.05) is 11.4 Å². The van der Waals surface area contributed by atoms with Gasteiger partial charge in [-0.3, -0.25) is 0 Å². The van der Waals surface area contributed by atoms with E-state index in [-0.39, 0.29) is 0 Å². The third-order valence-corrected chi connectivity index (χ3v) is 2.75. The molecule has 0 saturated carbocycles. The third kappa shape index (κ3) is 2.78. The fourth-order valence-corrected chi connectivity index (χ4v) is 1.79. The lowest BCUT2D eigenvalue weighted by atomic mass is 10.1. The predicted octanol–water partition coefficient (Wildman–Crippen LogP) is 4.00. The van der Waals surface area contributed by atoms with E-state index in [0.29, 0.717) is 0 Å². The van der Waals surface area contributed by atoms with Crippen LogP contribution in [0.4, 0.5) is 11.4 Å². The molecule has 0 atom stereocenters. The van der Waals surface area contributed by atoms with E-state index < -0.39 is 0 Å². The molecule has 2 nitrogen and oxygen atoms in total. The van der Waals surface area contributed by atoms with Crippen LogP contribution in [0.1, 0.15) is 12.5 Å². The van der Waals surface area contributed by atoms with E-state index in [9.17, 15) is 0 Å². The second kappa shape index (κ2) is 5.39. The molecule has 0 fully saturated rings. The summed E-state index contributed by atoms with van der Waals surface area (Å²) in [4.78, 5) is 0. The first-order valence-corrected chi connectivity index (χ1v) is 5.82. The number of aryl methyl sites for hydroxylation is 1. The van der Waals surface area contributed by atoms with E-state index in [1.54, 1.807) is 7.11 Å². The molecule has 2 heteroatoms. The first-order chi connectivity index (χ1) is 8.33. The molecule has 0 aliphatic carbocycles. The molecule has 0 amide bonds. The normalized spacial score (nSPS) is 10.0. The van der Waals surface area contributed by atoms with Crippen LogP contribution in [0.3, 0.4) is 0 Å². The van der Waals surface area contributed by atoms with E-state index >= 15 is 0 Å². The standard InChI is InChI=1S/C15H17NO/c1-3-12-11-14(17-2)9-10-15(12)16-13-7-5-4-6-8-13/h4-11,16H,3H2,1-2H3. The Morgan fingerprint density at radius 3 is 2.47 bits per heavy atom. The van der Waals surface area contributed by atoms with Gasteiger partial charge in [-0.15, -0.1) is 0 Å². The molecule has 88 valence electrons. The van der Waals surface area contributed by atoms with Crippen LogP contribution in [0.25, 0.3) is 0 Å². The Kier molecular flexibility index (Phi) is 3.66. The van der Waals surface area contributed by atoms with Crippen molar-refractivity contribution < 1.29 is 4.74 Å². The first-order valence-electron chi connectivity index (χ1n) is 5.82. The number of hydrogen-bond acceptors (Lipinski definition) is 2. The number of benzene rings is 2. The van der Waals surface area contributed by atoms with E-state index in [2.05, 4.69) is 36.5 Å². The minimum Gasteiger partial charge on any atom is -0.497 e. The SMILES string of the molecule is CCc1cc(OC)ccc1Nc1ccccc1. The highest BCUT2D eigenvalue weighted by Crippen LogP contribution is 2.25. The van der Waals surface area contributed by atoms with Crippen molar-refractivity contribution in [3.05, 3.63) is 54.1 Å². The lowest BCUT2D eigenvalue weighted by molar-refractivity contribution is 0.414. The number of ether oxygens (including phenoxy) is 1. The van der Waals surface area contributed by atoms with Gasteiger partial charge in [-0.25, -0.2) is 0 Å². The van der Waals surface area contributed by atoms with Gasteiger partial charge in [0.1, 0.15) is 5.75 Å². The molecule has 0 unspecified atom stereocenters. The summed E-state index contributed by atoms with van der Waals surface area (Å²) in [6.07, 6.45) is 0.979. The lowest BCUT2D eigenvalue weighted by Gasteiger charge is -2.12. The van der Waals surface area contributed by atoms with Crippen molar-refractivity contribution in [1.29, 1.82) is 0 Å². The lowest BCUT2D eigenvalue weighted by Crippen LogP contribution is -1.96. The van der Waals surface area contributed by atoms with Crippen molar-refractivity contribution >= 4 is 11.4 Å². The Morgan fingerprint density at radius 2 is 1.82 bits per heavy atom. The molecule has 1 N–H and O–H groups in total. The molecule has 2 aromatic rings. The number of methoxy groups -OCH3 is 1. The zero-order valence-corrected chi connectivity index (χ0v) is 10.2. The van der Waals surface area contributed by atoms with Gasteiger partial charge < -0.3 is 10.1 Å². The van der Waals surface area contributed by atoms with E-state index in [4.69, 9.17) is 4.74 Å². The predicted molar refractivity (Wildman–Crippen MR) is 72.1 cm³/mol. The van der Waals surface area contributed by atoms with Gasteiger partial charge in [-0.2, -0.15) is 0 Å². The number of anilines is 2. The Morgan fingerprint density at radius 1 is 1.06 bits per heavy atom. The van der Waals surface area contributed by atoms with Crippen LogP contribution >= 0.6 is 0 Å². The minimum atomic E-state index is 0.903. The monoisotopic (exact) mass is 227 g/mol. The van der Waals surface area contributed by atoms with Crippen LogP contribution in [0.5, 0.6) is 5.75 Å². The van der Waals surface area contributed by atoms with Crippen molar-refractivity contribution in [3.63, 3.8) is 0 Å². The summed E-state index contributed by atoms with van der Waals surface area (Å²) in [5.41, 5.74) is 3.50. The van der Waals surface area contributed by atoms with Gasteiger partial charge in [-0.1, -0.05) is 25.1 Å². The molecule has 2 rings (SSSR count). The van der Waals surface area contributed by atoms with Crippen molar-refractivity contribution in [2.45, 2.75) is 13.3 Å². The van der Waals surface area contributed by atoms with Gasteiger partial charge >= 0.3 is 0 Å². The number of nitrogens with one attached hydrogen (secondary N) is 1. The molecule has 0 aliphatic rings. The number of hydrogen-bond donors (Lipinski definition) is 1. The zero-order valence-electron chi connectivity index (χ0n) is 10.2. The van der Waals surface area contributed by atoms with E-state index in [0.717, 1.165) is 23.5 Å². The fraction of sp³-hybridized carbons (Fsp3) is 0.200. The highest BCUT2D eigenvalue weighted by Gasteiger charge is 2.02. The maximum absolute atomic E-state index is 5.23. The van der Waals surface area contributed by atoms with Gasteiger partial charge in [0.05, 0.1) is 7.11 Å². The molecule has 0 spiro atoms. The summed E-state index contributed by atoms with van der Waals surface area (Å²) in [5.74, 6) is 0.903. The Balaban J connectivity index is 2.26. The smallest absolute Gasteiger partial charge is 0.119 e. The Bertz CT molecular complexity index is 480. The van der Waals surface area contributed by atoms with Crippen molar-refractivity contribution in [2.24, 2.45) is 0 Å². The van der Waals surface area contributed by atoms with Crippen LogP contribution in [0.2, 0.25) is 0 Å². The average Bonchev–Trinajstić information content (AvgIpc) is 2.40. The second-order valence-corrected chi connectivity index (χ2v) is 3.87. The largest absolute Gasteiger partial charge is 0.497 e. The van der Waals surface area contributed by atoms with Crippen LogP contribution in [-0.2, 0) is 6.42 Å². The molecule has 17 heavy (non-hydrogen) atoms. The Labute approximate surface area is 102 Å². The molecule has 0 aliphatic heterocycles. The minimum absolute atomic E-state index is 0.903. The molecule has 2 aromatic carbocycles. The summed E-state index contributed by atoms with van der Waals surface area (Å²) < 4.78 is 5.23. The zero-order chi connectivity index (χ0) is 12.1. The summed E-state index contributed by atoms with van der Waals surface area (Å²) >= 11 is 0. The molecular weight excluding hydrogens is 210 g/mol. The second-order valence-electron chi connectivity index (χ2n) is 3.87. The summed E-state index contributed by atoms with van der Waals surface area (Å²) in [7, 11) is 1.69. The van der Waals surface area contributed by atoms with Gasteiger partial charge in [0.2, 0.25) is 0 Å². The van der Waals surface area contributed by atoms with E-state index in [1.165, 1.54) is 5.56 Å². The van der Waals surface area contributed by atoms with Crippen LogP contribution < -0.4 is 10.1 Å². The van der Waals surface area contributed by atoms with Crippen molar-refractivity contribution in [1.82, 2.24) is 0 Å². The maximum Gasteiger partial charge on any atom is 0.119 e. The average molecular weight is 227 g/mol. The molecule has 0 bridgehead atoms. The Hall–Kier alpha value is -1.96. The molecule has 0 heterocycles. The summed E-state index contributed by atoms with van der Waals surface area (Å²) in [6.45, 7) is 2.14. The van der Waals surface area contributed by atoms with Crippen LogP contribution in [0.15, 0.2) is 48.5 Å². The van der Waals surface area contributed by atoms with Crippen LogP contribution in [-0.4, -0.2) is 7.11 Å². The molecule has 0 radical (unpaired) electrons. The highest BCUT2D eigenvalue weighted by molar-refractivity contribution is 5.64. The highest BCUT2D eigenvalue weighted by atomic mass is 16.5. The number of para-hydroxylation sites is 1. The van der Waals surface area contributed by atoms with Crippen molar-refractivity contribution in [3.8, 4) is 5.75 Å². The summed E-state index contributed by atoms with van der Waals surface area (Å²) in [5, 5.41) is 3.42.